The van der Waals surface area contributed by atoms with E-state index < -0.39 is 23.2 Å². The number of aliphatic imine (C=N–C) groups is 1. The van der Waals surface area contributed by atoms with Gasteiger partial charge in [0.05, 0.1) is 27.0 Å². The Balaban J connectivity index is 2.17. The Kier molecular flexibility index (Phi) is 4.56. The molecule has 1 aliphatic rings. The average Bonchev–Trinajstić information content (AvgIpc) is 2.75. The summed E-state index contributed by atoms with van der Waals surface area (Å²) < 4.78 is 30.9. The molecule has 0 spiro atoms. The third-order valence-electron chi connectivity index (χ3n) is 4.59. The van der Waals surface area contributed by atoms with Crippen molar-refractivity contribution in [3.05, 3.63) is 91.1 Å². The van der Waals surface area contributed by atoms with Crippen molar-refractivity contribution in [3.8, 4) is 5.69 Å². The number of benzene rings is 2. The van der Waals surface area contributed by atoms with Gasteiger partial charge >= 0.3 is 0 Å². The molecule has 0 N–H and O–H groups in total. The lowest BCUT2D eigenvalue weighted by atomic mass is 9.99. The molecule has 2 aromatic carbocycles. The lowest BCUT2D eigenvalue weighted by Crippen LogP contribution is -2.19. The van der Waals surface area contributed by atoms with Crippen LogP contribution in [0.5, 0.6) is 0 Å². The third-order valence-corrected chi connectivity index (χ3v) is 5.39. The van der Waals surface area contributed by atoms with Crippen LogP contribution in [-0.4, -0.2) is 15.3 Å². The molecule has 1 aromatic heterocycles. The van der Waals surface area contributed by atoms with Gasteiger partial charge in [0.25, 0.3) is 5.56 Å². The van der Waals surface area contributed by atoms with Crippen LogP contribution in [0, 0.1) is 18.6 Å². The SMILES string of the molecule is Cc1cn2c(nc1=O)[C@H](C)N=C(c1c(F)cccc1F)c1c-2ccc(Cl)c1Cl. The minimum atomic E-state index is -0.780. The zero-order valence-corrected chi connectivity index (χ0v) is 16.3. The summed E-state index contributed by atoms with van der Waals surface area (Å²) in [4.78, 5) is 20.7. The normalized spacial score (nSPS) is 15.5. The van der Waals surface area contributed by atoms with Crippen LogP contribution in [0.2, 0.25) is 10.0 Å². The number of aromatic nitrogens is 2. The summed E-state index contributed by atoms with van der Waals surface area (Å²) in [6.45, 7) is 3.32. The van der Waals surface area contributed by atoms with Crippen LogP contribution in [0.3, 0.4) is 0 Å². The molecule has 1 aliphatic heterocycles. The highest BCUT2D eigenvalue weighted by Gasteiger charge is 2.29. The minimum absolute atomic E-state index is 0.0150. The molecule has 0 fully saturated rings. The van der Waals surface area contributed by atoms with Crippen LogP contribution in [0.25, 0.3) is 5.69 Å². The fourth-order valence-electron chi connectivity index (χ4n) is 3.24. The maximum Gasteiger partial charge on any atom is 0.275 e. The monoisotopic (exact) mass is 419 g/mol. The highest BCUT2D eigenvalue weighted by atomic mass is 35.5. The maximum absolute atomic E-state index is 14.6. The molecule has 4 rings (SSSR count). The van der Waals surface area contributed by atoms with Crippen molar-refractivity contribution in [3.63, 3.8) is 0 Å². The Hall–Kier alpha value is -2.57. The van der Waals surface area contributed by atoms with Crippen LogP contribution in [0.1, 0.15) is 35.5 Å². The van der Waals surface area contributed by atoms with Crippen molar-refractivity contribution in [2.45, 2.75) is 19.9 Å². The molecule has 0 amide bonds. The molecule has 0 bridgehead atoms. The van der Waals surface area contributed by atoms with Gasteiger partial charge in [-0.2, -0.15) is 4.98 Å². The topological polar surface area (TPSA) is 47.2 Å². The van der Waals surface area contributed by atoms with Crippen LogP contribution in [0.15, 0.2) is 46.3 Å². The van der Waals surface area contributed by atoms with E-state index in [2.05, 4.69) is 9.98 Å². The summed E-state index contributed by atoms with van der Waals surface area (Å²) in [5, 5.41) is 0.323. The van der Waals surface area contributed by atoms with E-state index in [-0.39, 0.29) is 26.9 Å². The fourth-order valence-corrected chi connectivity index (χ4v) is 3.65. The molecule has 0 radical (unpaired) electrons. The van der Waals surface area contributed by atoms with Gasteiger partial charge in [-0.25, -0.2) is 8.78 Å². The van der Waals surface area contributed by atoms with Crippen molar-refractivity contribution in [1.82, 2.24) is 9.55 Å². The van der Waals surface area contributed by atoms with Gasteiger partial charge in [0, 0.05) is 17.3 Å². The summed E-state index contributed by atoms with van der Waals surface area (Å²) in [7, 11) is 0. The van der Waals surface area contributed by atoms with Gasteiger partial charge < -0.3 is 4.57 Å². The molecule has 0 aliphatic carbocycles. The highest BCUT2D eigenvalue weighted by molar-refractivity contribution is 6.45. The zero-order chi connectivity index (χ0) is 20.2. The van der Waals surface area contributed by atoms with Gasteiger partial charge in [-0.15, -0.1) is 0 Å². The molecule has 142 valence electrons. The molecule has 4 nitrogen and oxygen atoms in total. The van der Waals surface area contributed by atoms with Crippen LogP contribution in [-0.2, 0) is 0 Å². The number of aryl methyl sites for hydroxylation is 1. The molecule has 28 heavy (non-hydrogen) atoms. The average molecular weight is 420 g/mol. The van der Waals surface area contributed by atoms with E-state index in [1.807, 2.05) is 0 Å². The first-order valence-corrected chi connectivity index (χ1v) is 9.16. The van der Waals surface area contributed by atoms with E-state index in [4.69, 9.17) is 23.2 Å². The van der Waals surface area contributed by atoms with Crippen LogP contribution >= 0.6 is 23.2 Å². The van der Waals surface area contributed by atoms with Crippen LogP contribution in [0.4, 0.5) is 8.78 Å². The van der Waals surface area contributed by atoms with Crippen molar-refractivity contribution in [2.75, 3.05) is 0 Å². The Bertz CT molecular complexity index is 1200. The predicted octanol–water partition coefficient (Wildman–Crippen LogP) is 5.04. The van der Waals surface area contributed by atoms with Crippen molar-refractivity contribution in [2.24, 2.45) is 4.99 Å². The van der Waals surface area contributed by atoms with E-state index in [0.717, 1.165) is 12.1 Å². The maximum atomic E-state index is 14.6. The molecule has 2 heterocycles. The number of fused-ring (bicyclic) bond motifs is 3. The number of nitrogens with zero attached hydrogens (tertiary/aromatic N) is 3. The number of hydrogen-bond acceptors (Lipinski definition) is 3. The molecular weight excluding hydrogens is 407 g/mol. The van der Waals surface area contributed by atoms with Gasteiger partial charge in [-0.05, 0) is 38.1 Å². The molecule has 0 saturated carbocycles. The van der Waals surface area contributed by atoms with Gasteiger partial charge in [-0.1, -0.05) is 29.3 Å². The van der Waals surface area contributed by atoms with E-state index in [1.54, 1.807) is 36.7 Å². The molecular formula is C20H13Cl2F2N3O. The van der Waals surface area contributed by atoms with E-state index >= 15 is 0 Å². The predicted molar refractivity (Wildman–Crippen MR) is 105 cm³/mol. The van der Waals surface area contributed by atoms with Gasteiger partial charge in [0.2, 0.25) is 0 Å². The van der Waals surface area contributed by atoms with Crippen LogP contribution < -0.4 is 5.56 Å². The molecule has 1 atom stereocenters. The quantitative estimate of drug-likeness (QED) is 0.554. The standard InChI is InChI=1S/C20H13Cl2F2N3O/c1-9-8-27-14-7-6-11(21)17(22)16(14)18(15-12(23)4-3-5-13(15)24)25-10(2)19(27)26-20(9)28/h3-8,10H,1-2H3/t10-/m0/s1. The summed E-state index contributed by atoms with van der Waals surface area (Å²) in [5.74, 6) is -1.22. The number of halogens is 4. The molecule has 8 heteroatoms. The van der Waals surface area contributed by atoms with Crippen molar-refractivity contribution < 1.29 is 8.78 Å². The molecule has 0 saturated heterocycles. The van der Waals surface area contributed by atoms with Gasteiger partial charge in [-0.3, -0.25) is 9.79 Å². The fraction of sp³-hybridized carbons (Fsp3) is 0.150. The minimum Gasteiger partial charge on any atom is -0.302 e. The highest BCUT2D eigenvalue weighted by Crippen LogP contribution is 2.37. The first-order valence-electron chi connectivity index (χ1n) is 8.40. The number of rotatable bonds is 1. The second kappa shape index (κ2) is 6.79. The summed E-state index contributed by atoms with van der Waals surface area (Å²) in [6, 6.07) is 6.13. The lowest BCUT2D eigenvalue weighted by Gasteiger charge is -2.17. The van der Waals surface area contributed by atoms with E-state index in [0.29, 0.717) is 17.1 Å². The summed E-state index contributed by atoms with van der Waals surface area (Å²) >= 11 is 12.7. The second-order valence-electron chi connectivity index (χ2n) is 6.46. The Morgan fingerprint density at radius 1 is 1.07 bits per heavy atom. The Morgan fingerprint density at radius 3 is 2.43 bits per heavy atom. The van der Waals surface area contributed by atoms with Gasteiger partial charge in [0.1, 0.15) is 23.5 Å². The molecule has 3 aromatic rings. The zero-order valence-electron chi connectivity index (χ0n) is 14.8. The Morgan fingerprint density at radius 2 is 1.75 bits per heavy atom. The van der Waals surface area contributed by atoms with Gasteiger partial charge in [0.15, 0.2) is 0 Å². The lowest BCUT2D eigenvalue weighted by molar-refractivity contribution is 0.578. The third kappa shape index (κ3) is 2.84. The van der Waals surface area contributed by atoms with Crippen molar-refractivity contribution in [1.29, 1.82) is 0 Å². The van der Waals surface area contributed by atoms with E-state index in [1.165, 1.54) is 6.07 Å². The Labute approximate surface area is 169 Å². The molecule has 0 unspecified atom stereocenters. The number of hydrogen-bond donors (Lipinski definition) is 0. The second-order valence-corrected chi connectivity index (χ2v) is 7.25. The largest absolute Gasteiger partial charge is 0.302 e. The first-order chi connectivity index (χ1) is 13.3. The van der Waals surface area contributed by atoms with Crippen molar-refractivity contribution >= 4 is 28.9 Å². The first kappa shape index (κ1) is 18.8. The van der Waals surface area contributed by atoms with E-state index in [9.17, 15) is 13.6 Å². The summed E-state index contributed by atoms with van der Waals surface area (Å²) in [5.41, 5.74) is 0.469. The smallest absolute Gasteiger partial charge is 0.275 e. The summed E-state index contributed by atoms with van der Waals surface area (Å²) in [6.07, 6.45) is 1.61.